The van der Waals surface area contributed by atoms with E-state index in [2.05, 4.69) is 24.9 Å². The summed E-state index contributed by atoms with van der Waals surface area (Å²) in [6.07, 6.45) is 17.1. The summed E-state index contributed by atoms with van der Waals surface area (Å²) in [5.74, 6) is -0.256. The van der Waals surface area contributed by atoms with Crippen molar-refractivity contribution in [3.63, 3.8) is 0 Å². The smallest absolute Gasteiger partial charge is 0.330 e. The van der Waals surface area contributed by atoms with Gasteiger partial charge in [0.15, 0.2) is 0 Å². The SMILES string of the molecule is CCCCCCCCCCCCCCCC(=O)NC(CS)C(=O)OC(C)(C)C. The zero-order valence-corrected chi connectivity index (χ0v) is 19.8. The molecule has 0 aliphatic carbocycles. The Morgan fingerprint density at radius 1 is 0.821 bits per heavy atom. The lowest BCUT2D eigenvalue weighted by atomic mass is 10.0. The number of rotatable bonds is 17. The highest BCUT2D eigenvalue weighted by Crippen LogP contribution is 2.13. The highest BCUT2D eigenvalue weighted by molar-refractivity contribution is 7.80. The van der Waals surface area contributed by atoms with Crippen LogP contribution in [0.25, 0.3) is 0 Å². The van der Waals surface area contributed by atoms with Crippen molar-refractivity contribution < 1.29 is 14.3 Å². The summed E-state index contributed by atoms with van der Waals surface area (Å²) in [7, 11) is 0. The molecule has 5 heteroatoms. The van der Waals surface area contributed by atoms with E-state index >= 15 is 0 Å². The lowest BCUT2D eigenvalue weighted by Crippen LogP contribution is -2.45. The molecule has 1 N–H and O–H groups in total. The third-order valence-corrected chi connectivity index (χ3v) is 5.08. The number of thiol groups is 1. The minimum absolute atomic E-state index is 0.0898. The van der Waals surface area contributed by atoms with Gasteiger partial charge in [-0.25, -0.2) is 4.79 Å². The predicted octanol–water partition coefficient (Wildman–Crippen LogP) is 6.22. The van der Waals surface area contributed by atoms with E-state index in [1.54, 1.807) is 0 Å². The Labute approximate surface area is 179 Å². The van der Waals surface area contributed by atoms with E-state index in [0.717, 1.165) is 12.8 Å². The van der Waals surface area contributed by atoms with E-state index in [4.69, 9.17) is 4.74 Å². The maximum absolute atomic E-state index is 12.0. The van der Waals surface area contributed by atoms with Crippen molar-refractivity contribution in [2.75, 3.05) is 5.75 Å². The number of hydrogen-bond donors (Lipinski definition) is 2. The number of nitrogens with one attached hydrogen (secondary N) is 1. The first kappa shape index (κ1) is 27.3. The number of unbranched alkanes of at least 4 members (excludes halogenated alkanes) is 12. The van der Waals surface area contributed by atoms with Crippen LogP contribution in [-0.2, 0) is 14.3 Å². The Bertz CT molecular complexity index is 407. The molecule has 0 aromatic heterocycles. The summed E-state index contributed by atoms with van der Waals surface area (Å²) >= 11 is 4.16. The van der Waals surface area contributed by atoms with Gasteiger partial charge in [-0.05, 0) is 27.2 Å². The molecule has 0 aromatic rings. The Morgan fingerprint density at radius 2 is 1.25 bits per heavy atom. The number of hydrogen-bond acceptors (Lipinski definition) is 4. The van der Waals surface area contributed by atoms with E-state index in [1.165, 1.54) is 70.6 Å². The molecule has 0 saturated carbocycles. The van der Waals surface area contributed by atoms with E-state index < -0.39 is 17.6 Å². The maximum atomic E-state index is 12.0. The van der Waals surface area contributed by atoms with Crippen molar-refractivity contribution >= 4 is 24.5 Å². The fourth-order valence-electron chi connectivity index (χ4n) is 3.12. The number of amides is 1. The second-order valence-electron chi connectivity index (χ2n) is 8.83. The molecule has 0 bridgehead atoms. The van der Waals surface area contributed by atoms with Gasteiger partial charge in [0.1, 0.15) is 11.6 Å². The standard InChI is InChI=1S/C23H45NO3S/c1-5-6-7-8-9-10-11-12-13-14-15-16-17-18-21(25)24-20(19-28)22(26)27-23(2,3)4/h20,28H,5-19H2,1-4H3,(H,24,25). The lowest BCUT2D eigenvalue weighted by Gasteiger charge is -2.23. The van der Waals surface area contributed by atoms with Crippen molar-refractivity contribution in [2.45, 2.75) is 129 Å². The number of ether oxygens (including phenoxy) is 1. The molecule has 28 heavy (non-hydrogen) atoms. The molecule has 0 aliphatic heterocycles. The van der Waals surface area contributed by atoms with E-state index in [0.29, 0.717) is 6.42 Å². The highest BCUT2D eigenvalue weighted by atomic mass is 32.1. The molecule has 0 fully saturated rings. The minimum atomic E-state index is -0.669. The summed E-state index contributed by atoms with van der Waals surface area (Å²) in [4.78, 5) is 24.1. The average molecular weight is 416 g/mol. The summed E-state index contributed by atoms with van der Waals surface area (Å²) in [6, 6.07) is -0.669. The Kier molecular flexibility index (Phi) is 16.7. The summed E-state index contributed by atoms with van der Waals surface area (Å²) in [5.41, 5.74) is -0.557. The first-order valence-electron chi connectivity index (χ1n) is 11.4. The van der Waals surface area contributed by atoms with E-state index in [-0.39, 0.29) is 11.7 Å². The quantitative estimate of drug-likeness (QED) is 0.168. The molecule has 1 unspecified atom stereocenters. The van der Waals surface area contributed by atoms with Crippen LogP contribution >= 0.6 is 12.6 Å². The molecule has 4 nitrogen and oxygen atoms in total. The van der Waals surface area contributed by atoms with Gasteiger partial charge in [0.2, 0.25) is 5.91 Å². The van der Waals surface area contributed by atoms with Gasteiger partial charge in [0.05, 0.1) is 0 Å². The second kappa shape index (κ2) is 17.2. The number of carbonyl (C=O) groups is 2. The molecule has 0 aromatic carbocycles. The molecule has 1 amide bonds. The van der Waals surface area contributed by atoms with Crippen molar-refractivity contribution in [1.82, 2.24) is 5.32 Å². The van der Waals surface area contributed by atoms with Crippen LogP contribution in [0.4, 0.5) is 0 Å². The Morgan fingerprint density at radius 3 is 1.64 bits per heavy atom. The molecule has 0 heterocycles. The van der Waals surface area contributed by atoms with Crippen LogP contribution in [-0.4, -0.2) is 29.3 Å². The third-order valence-electron chi connectivity index (χ3n) is 4.72. The minimum Gasteiger partial charge on any atom is -0.458 e. The Balaban J connectivity index is 3.60. The van der Waals surface area contributed by atoms with Gasteiger partial charge >= 0.3 is 5.97 Å². The van der Waals surface area contributed by atoms with Gasteiger partial charge in [-0.15, -0.1) is 0 Å². The molecule has 0 rings (SSSR count). The van der Waals surface area contributed by atoms with Crippen LogP contribution in [0.1, 0.15) is 118 Å². The highest BCUT2D eigenvalue weighted by Gasteiger charge is 2.25. The molecule has 0 saturated heterocycles. The van der Waals surface area contributed by atoms with Gasteiger partial charge < -0.3 is 10.1 Å². The largest absolute Gasteiger partial charge is 0.458 e. The van der Waals surface area contributed by atoms with Crippen LogP contribution in [0.5, 0.6) is 0 Å². The first-order valence-corrected chi connectivity index (χ1v) is 12.1. The molecule has 166 valence electrons. The van der Waals surface area contributed by atoms with Crippen LogP contribution in [0.15, 0.2) is 0 Å². The molecular weight excluding hydrogens is 370 g/mol. The zero-order valence-electron chi connectivity index (χ0n) is 18.9. The average Bonchev–Trinajstić information content (AvgIpc) is 2.62. The van der Waals surface area contributed by atoms with Crippen LogP contribution in [0.2, 0.25) is 0 Å². The van der Waals surface area contributed by atoms with Gasteiger partial charge in [-0.2, -0.15) is 12.6 Å². The molecule has 0 spiro atoms. The van der Waals surface area contributed by atoms with Crippen molar-refractivity contribution in [2.24, 2.45) is 0 Å². The Hall–Kier alpha value is -0.710. The first-order chi connectivity index (χ1) is 13.3. The van der Waals surface area contributed by atoms with Gasteiger partial charge in [-0.3, -0.25) is 4.79 Å². The normalized spacial score (nSPS) is 12.6. The number of carbonyl (C=O) groups excluding carboxylic acids is 2. The van der Waals surface area contributed by atoms with Crippen LogP contribution in [0.3, 0.4) is 0 Å². The summed E-state index contributed by atoms with van der Waals surface area (Å²) < 4.78 is 5.31. The van der Waals surface area contributed by atoms with Gasteiger partial charge in [-0.1, -0.05) is 84.0 Å². The molecular formula is C23H45NO3S. The lowest BCUT2D eigenvalue weighted by molar-refractivity contribution is -0.157. The summed E-state index contributed by atoms with van der Waals surface area (Å²) in [5, 5.41) is 2.74. The van der Waals surface area contributed by atoms with E-state index in [1.807, 2.05) is 20.8 Å². The van der Waals surface area contributed by atoms with E-state index in [9.17, 15) is 9.59 Å². The molecule has 0 aliphatic rings. The topological polar surface area (TPSA) is 55.4 Å². The zero-order chi connectivity index (χ0) is 21.3. The fraction of sp³-hybridized carbons (Fsp3) is 0.913. The maximum Gasteiger partial charge on any atom is 0.330 e. The van der Waals surface area contributed by atoms with Crippen molar-refractivity contribution in [1.29, 1.82) is 0 Å². The predicted molar refractivity (Wildman–Crippen MR) is 122 cm³/mol. The molecule has 1 atom stereocenters. The fourth-order valence-corrected chi connectivity index (χ4v) is 3.36. The third kappa shape index (κ3) is 17.4. The van der Waals surface area contributed by atoms with Crippen LogP contribution < -0.4 is 5.32 Å². The van der Waals surface area contributed by atoms with Crippen LogP contribution in [0, 0.1) is 0 Å². The van der Waals surface area contributed by atoms with Gasteiger partial charge in [0.25, 0.3) is 0 Å². The van der Waals surface area contributed by atoms with Crippen molar-refractivity contribution in [3.05, 3.63) is 0 Å². The molecule has 0 radical (unpaired) electrons. The number of esters is 1. The second-order valence-corrected chi connectivity index (χ2v) is 9.19. The van der Waals surface area contributed by atoms with Gasteiger partial charge in [0, 0.05) is 12.2 Å². The van der Waals surface area contributed by atoms with Crippen molar-refractivity contribution in [3.8, 4) is 0 Å². The monoisotopic (exact) mass is 415 g/mol. The summed E-state index contributed by atoms with van der Waals surface area (Å²) in [6.45, 7) is 7.71.